The normalized spacial score (nSPS) is 12.2. The van der Waals surface area contributed by atoms with E-state index in [2.05, 4.69) is 0 Å². The van der Waals surface area contributed by atoms with Crippen molar-refractivity contribution < 1.29 is 26.5 Å². The molecule has 0 N–H and O–H groups in total. The number of hydrogen-bond acceptors (Lipinski definition) is 6. The molecule has 1 amide bonds. The van der Waals surface area contributed by atoms with Gasteiger partial charge in [-0.25, -0.2) is 0 Å². The average Bonchev–Trinajstić information content (AvgIpc) is 3.31. The van der Waals surface area contributed by atoms with Crippen molar-refractivity contribution in [2.75, 3.05) is 7.11 Å². The van der Waals surface area contributed by atoms with Gasteiger partial charge in [0.1, 0.15) is 16.4 Å². The van der Waals surface area contributed by atoms with Gasteiger partial charge in [-0.2, -0.15) is 8.42 Å². The lowest BCUT2D eigenvalue weighted by atomic mass is 10.1. The van der Waals surface area contributed by atoms with Crippen molar-refractivity contribution in [3.8, 4) is 11.5 Å². The van der Waals surface area contributed by atoms with E-state index >= 15 is 0 Å². The molecule has 0 aliphatic carbocycles. The summed E-state index contributed by atoms with van der Waals surface area (Å²) in [6, 6.07) is 15.9. The van der Waals surface area contributed by atoms with Crippen LogP contribution in [0.25, 0.3) is 0 Å². The summed E-state index contributed by atoms with van der Waals surface area (Å²) in [7, 11) is -2.50. The second-order valence-electron chi connectivity index (χ2n) is 7.03. The number of carbonyl (C=O) groups excluding carboxylic acids is 1. The molecule has 0 aliphatic rings. The molecule has 3 aromatic rings. The Morgan fingerprint density at radius 1 is 1.06 bits per heavy atom. The van der Waals surface area contributed by atoms with Crippen LogP contribution in [-0.4, -0.2) is 32.4 Å². The van der Waals surface area contributed by atoms with Gasteiger partial charge in [0.05, 0.1) is 13.4 Å². The molecule has 1 aromatic heterocycles. The van der Waals surface area contributed by atoms with Crippen molar-refractivity contribution in [1.82, 2.24) is 4.90 Å². The third-order valence-electron chi connectivity index (χ3n) is 4.92. The molecule has 7 nitrogen and oxygen atoms in total. The smallest absolute Gasteiger partial charge is 0.339 e. The summed E-state index contributed by atoms with van der Waals surface area (Å²) in [6.45, 7) is 4.23. The van der Waals surface area contributed by atoms with Gasteiger partial charge < -0.3 is 18.2 Å². The molecular formula is C23H25NO6S. The third-order valence-corrected chi connectivity index (χ3v) is 6.18. The highest BCUT2D eigenvalue weighted by Gasteiger charge is 2.23. The number of benzene rings is 2. The van der Waals surface area contributed by atoms with Crippen LogP contribution < -0.4 is 8.92 Å². The van der Waals surface area contributed by atoms with Crippen molar-refractivity contribution in [2.24, 2.45) is 0 Å². The summed E-state index contributed by atoms with van der Waals surface area (Å²) >= 11 is 0. The minimum Gasteiger partial charge on any atom is -0.497 e. The Labute approximate surface area is 182 Å². The van der Waals surface area contributed by atoms with E-state index in [1.54, 1.807) is 47.4 Å². The molecule has 0 fully saturated rings. The summed E-state index contributed by atoms with van der Waals surface area (Å²) in [5.74, 6) is 0.751. The molecule has 1 unspecified atom stereocenters. The van der Waals surface area contributed by atoms with E-state index in [9.17, 15) is 13.2 Å². The van der Waals surface area contributed by atoms with E-state index in [1.165, 1.54) is 25.5 Å². The highest BCUT2D eigenvalue weighted by Crippen LogP contribution is 2.23. The van der Waals surface area contributed by atoms with Crippen LogP contribution in [-0.2, 0) is 16.7 Å². The van der Waals surface area contributed by atoms with E-state index < -0.39 is 10.1 Å². The maximum absolute atomic E-state index is 12.9. The number of ether oxygens (including phenoxy) is 1. The second-order valence-corrected chi connectivity index (χ2v) is 8.57. The van der Waals surface area contributed by atoms with Gasteiger partial charge in [0.15, 0.2) is 5.76 Å². The number of methoxy groups -OCH3 is 1. The van der Waals surface area contributed by atoms with Gasteiger partial charge in [-0.3, -0.25) is 4.79 Å². The Morgan fingerprint density at radius 2 is 1.81 bits per heavy atom. The van der Waals surface area contributed by atoms with E-state index in [1.807, 2.05) is 19.9 Å². The fraction of sp³-hybridized carbons (Fsp3) is 0.261. The first kappa shape index (κ1) is 22.4. The first-order valence-electron chi connectivity index (χ1n) is 9.86. The first-order valence-corrected chi connectivity index (χ1v) is 11.3. The summed E-state index contributed by atoms with van der Waals surface area (Å²) in [4.78, 5) is 14.6. The van der Waals surface area contributed by atoms with Gasteiger partial charge >= 0.3 is 10.1 Å². The van der Waals surface area contributed by atoms with Gasteiger partial charge in [-0.05, 0) is 67.4 Å². The molecule has 2 aromatic carbocycles. The molecule has 0 spiro atoms. The molecule has 0 saturated heterocycles. The molecule has 0 saturated carbocycles. The molecule has 164 valence electrons. The van der Waals surface area contributed by atoms with Gasteiger partial charge in [-0.1, -0.05) is 19.1 Å². The summed E-state index contributed by atoms with van der Waals surface area (Å²) in [6.07, 6.45) is 2.22. The van der Waals surface area contributed by atoms with E-state index in [4.69, 9.17) is 13.3 Å². The molecule has 31 heavy (non-hydrogen) atoms. The van der Waals surface area contributed by atoms with E-state index in [0.717, 1.165) is 12.0 Å². The van der Waals surface area contributed by atoms with Gasteiger partial charge in [0.2, 0.25) is 0 Å². The standard InChI is InChI=1S/C23H25NO6S/c1-4-17(2)24(23(25)22-9-6-14-29-22)16-18-7-5-8-20(15-18)30-31(26,27)21-12-10-19(28-3)11-13-21/h5-15,17H,4,16H2,1-3H3. The Morgan fingerprint density at radius 3 is 2.42 bits per heavy atom. The molecule has 1 atom stereocenters. The van der Waals surface area contributed by atoms with E-state index in [0.29, 0.717) is 5.75 Å². The quantitative estimate of drug-likeness (QED) is 0.453. The van der Waals surface area contributed by atoms with Gasteiger partial charge in [-0.15, -0.1) is 0 Å². The molecule has 0 aliphatic heterocycles. The summed E-state index contributed by atoms with van der Waals surface area (Å²) in [5, 5.41) is 0. The fourth-order valence-electron chi connectivity index (χ4n) is 3.00. The van der Waals surface area contributed by atoms with Crippen molar-refractivity contribution in [3.63, 3.8) is 0 Å². The van der Waals surface area contributed by atoms with Crippen LogP contribution in [0.15, 0.2) is 76.2 Å². The number of hydrogen-bond donors (Lipinski definition) is 0. The highest BCUT2D eigenvalue weighted by atomic mass is 32.2. The highest BCUT2D eigenvalue weighted by molar-refractivity contribution is 7.87. The molecule has 0 bridgehead atoms. The Balaban J connectivity index is 1.80. The minimum absolute atomic E-state index is 0.0212. The lowest BCUT2D eigenvalue weighted by Crippen LogP contribution is -2.37. The van der Waals surface area contributed by atoms with Crippen molar-refractivity contribution in [3.05, 3.63) is 78.3 Å². The predicted octanol–water partition coefficient (Wildman–Crippen LogP) is 4.50. The number of nitrogens with zero attached hydrogens (tertiary/aromatic N) is 1. The van der Waals surface area contributed by atoms with Crippen molar-refractivity contribution in [1.29, 1.82) is 0 Å². The lowest BCUT2D eigenvalue weighted by Gasteiger charge is -2.28. The maximum Gasteiger partial charge on any atom is 0.339 e. The van der Waals surface area contributed by atoms with Crippen LogP contribution in [0.4, 0.5) is 0 Å². The number of furan rings is 1. The Bertz CT molecular complexity index is 1110. The molecular weight excluding hydrogens is 418 g/mol. The average molecular weight is 444 g/mol. The number of rotatable bonds is 9. The summed E-state index contributed by atoms with van der Waals surface area (Å²) in [5.41, 5.74) is 0.739. The number of amides is 1. The lowest BCUT2D eigenvalue weighted by molar-refractivity contribution is 0.0638. The van der Waals surface area contributed by atoms with Crippen LogP contribution in [0.2, 0.25) is 0 Å². The van der Waals surface area contributed by atoms with Crippen LogP contribution in [0.3, 0.4) is 0 Å². The molecule has 1 heterocycles. The monoisotopic (exact) mass is 443 g/mol. The fourth-order valence-corrected chi connectivity index (χ4v) is 3.92. The first-order chi connectivity index (χ1) is 14.8. The second kappa shape index (κ2) is 9.70. The van der Waals surface area contributed by atoms with Crippen LogP contribution >= 0.6 is 0 Å². The van der Waals surface area contributed by atoms with Crippen LogP contribution in [0.5, 0.6) is 11.5 Å². The zero-order valence-corrected chi connectivity index (χ0v) is 18.5. The minimum atomic E-state index is -4.01. The number of carbonyl (C=O) groups is 1. The van der Waals surface area contributed by atoms with Crippen molar-refractivity contribution >= 4 is 16.0 Å². The van der Waals surface area contributed by atoms with Crippen molar-refractivity contribution in [2.45, 2.75) is 37.8 Å². The maximum atomic E-state index is 12.9. The van der Waals surface area contributed by atoms with E-state index in [-0.39, 0.29) is 34.9 Å². The summed E-state index contributed by atoms with van der Waals surface area (Å²) < 4.78 is 40.9. The Kier molecular flexibility index (Phi) is 7.02. The molecule has 0 radical (unpaired) electrons. The predicted molar refractivity (Wildman–Crippen MR) is 116 cm³/mol. The third kappa shape index (κ3) is 5.46. The molecule has 8 heteroatoms. The SMILES string of the molecule is CCC(C)N(Cc1cccc(OS(=O)(=O)c2ccc(OC)cc2)c1)C(=O)c1ccco1. The van der Waals surface area contributed by atoms with Crippen LogP contribution in [0, 0.1) is 0 Å². The molecule has 3 rings (SSSR count). The van der Waals surface area contributed by atoms with Gasteiger partial charge in [0, 0.05) is 12.6 Å². The van der Waals surface area contributed by atoms with Gasteiger partial charge in [0.25, 0.3) is 5.91 Å². The van der Waals surface area contributed by atoms with Crippen LogP contribution in [0.1, 0.15) is 36.4 Å². The topological polar surface area (TPSA) is 86.0 Å². The Hall–Kier alpha value is -3.26. The zero-order chi connectivity index (χ0) is 22.4. The zero-order valence-electron chi connectivity index (χ0n) is 17.6. The largest absolute Gasteiger partial charge is 0.497 e.